The standard InChI is InChI=1S/C15H26O2/c1-2-3-12-4-5-15(16)14(10-12)11-13-6-8-17-9-7-13/h12-14H,2-11H2,1H3. The van der Waals surface area contributed by atoms with Gasteiger partial charge in [0.25, 0.3) is 0 Å². The maximum absolute atomic E-state index is 12.0. The molecule has 1 aliphatic heterocycles. The van der Waals surface area contributed by atoms with Crippen molar-refractivity contribution >= 4 is 5.78 Å². The average molecular weight is 238 g/mol. The van der Waals surface area contributed by atoms with Crippen molar-refractivity contribution in [2.75, 3.05) is 13.2 Å². The van der Waals surface area contributed by atoms with E-state index in [0.717, 1.165) is 44.3 Å². The second-order valence-corrected chi connectivity index (χ2v) is 5.88. The lowest BCUT2D eigenvalue weighted by molar-refractivity contribution is -0.126. The van der Waals surface area contributed by atoms with Gasteiger partial charge in [0.15, 0.2) is 0 Å². The molecule has 2 fully saturated rings. The minimum absolute atomic E-state index is 0.378. The van der Waals surface area contributed by atoms with Gasteiger partial charge >= 0.3 is 0 Å². The van der Waals surface area contributed by atoms with Crippen LogP contribution in [0, 0.1) is 17.8 Å². The largest absolute Gasteiger partial charge is 0.381 e. The zero-order chi connectivity index (χ0) is 12.1. The highest BCUT2D eigenvalue weighted by molar-refractivity contribution is 5.81. The van der Waals surface area contributed by atoms with Gasteiger partial charge in [-0.2, -0.15) is 0 Å². The summed E-state index contributed by atoms with van der Waals surface area (Å²) in [5, 5.41) is 0. The molecule has 0 bridgehead atoms. The number of hydrogen-bond acceptors (Lipinski definition) is 2. The third-order valence-electron chi connectivity index (χ3n) is 4.53. The van der Waals surface area contributed by atoms with Crippen LogP contribution >= 0.6 is 0 Å². The SMILES string of the molecule is CCCC1CCC(=O)C(CC2CCOCC2)C1. The molecule has 2 aliphatic rings. The Labute approximate surface area is 105 Å². The Morgan fingerprint density at radius 3 is 2.65 bits per heavy atom. The molecule has 0 spiro atoms. The van der Waals surface area contributed by atoms with Crippen molar-refractivity contribution in [1.29, 1.82) is 0 Å². The van der Waals surface area contributed by atoms with Crippen molar-refractivity contribution in [2.24, 2.45) is 17.8 Å². The van der Waals surface area contributed by atoms with E-state index in [0.29, 0.717) is 11.7 Å². The van der Waals surface area contributed by atoms with Crippen molar-refractivity contribution in [3.05, 3.63) is 0 Å². The molecule has 0 amide bonds. The van der Waals surface area contributed by atoms with Crippen LogP contribution in [0.25, 0.3) is 0 Å². The van der Waals surface area contributed by atoms with Crippen LogP contribution in [0.15, 0.2) is 0 Å². The number of carbonyl (C=O) groups is 1. The van der Waals surface area contributed by atoms with Crippen molar-refractivity contribution in [3.8, 4) is 0 Å². The van der Waals surface area contributed by atoms with E-state index in [-0.39, 0.29) is 0 Å². The number of rotatable bonds is 4. The van der Waals surface area contributed by atoms with Crippen molar-refractivity contribution in [1.82, 2.24) is 0 Å². The van der Waals surface area contributed by atoms with Crippen LogP contribution < -0.4 is 0 Å². The van der Waals surface area contributed by atoms with Crippen molar-refractivity contribution < 1.29 is 9.53 Å². The Hall–Kier alpha value is -0.370. The van der Waals surface area contributed by atoms with Gasteiger partial charge in [0, 0.05) is 25.6 Å². The van der Waals surface area contributed by atoms with E-state index < -0.39 is 0 Å². The highest BCUT2D eigenvalue weighted by atomic mass is 16.5. The van der Waals surface area contributed by atoms with Crippen LogP contribution in [-0.4, -0.2) is 19.0 Å². The fourth-order valence-electron chi connectivity index (χ4n) is 3.48. The van der Waals surface area contributed by atoms with Gasteiger partial charge in [-0.15, -0.1) is 0 Å². The van der Waals surface area contributed by atoms with Gasteiger partial charge in [-0.3, -0.25) is 4.79 Å². The summed E-state index contributed by atoms with van der Waals surface area (Å²) in [5.74, 6) is 2.49. The van der Waals surface area contributed by atoms with E-state index in [1.54, 1.807) is 0 Å². The van der Waals surface area contributed by atoms with E-state index in [1.807, 2.05) is 0 Å². The molecule has 1 saturated carbocycles. The minimum Gasteiger partial charge on any atom is -0.381 e. The summed E-state index contributed by atoms with van der Waals surface area (Å²) < 4.78 is 5.39. The van der Waals surface area contributed by atoms with Gasteiger partial charge in [-0.25, -0.2) is 0 Å². The number of carbonyl (C=O) groups excluding carboxylic acids is 1. The third kappa shape index (κ3) is 3.80. The lowest BCUT2D eigenvalue weighted by Crippen LogP contribution is -2.28. The first-order chi connectivity index (χ1) is 8.29. The van der Waals surface area contributed by atoms with Crippen LogP contribution in [0.4, 0.5) is 0 Å². The number of hydrogen-bond donors (Lipinski definition) is 0. The first-order valence-electron chi connectivity index (χ1n) is 7.40. The zero-order valence-electron chi connectivity index (χ0n) is 11.1. The average Bonchev–Trinajstić information content (AvgIpc) is 2.35. The van der Waals surface area contributed by atoms with Gasteiger partial charge in [0.2, 0.25) is 0 Å². The Kier molecular flexibility index (Phi) is 5.02. The van der Waals surface area contributed by atoms with Crippen molar-refractivity contribution in [3.63, 3.8) is 0 Å². The summed E-state index contributed by atoms with van der Waals surface area (Å²) in [6, 6.07) is 0. The monoisotopic (exact) mass is 238 g/mol. The van der Waals surface area contributed by atoms with Crippen molar-refractivity contribution in [2.45, 2.75) is 58.3 Å². The Balaban J connectivity index is 1.82. The molecule has 17 heavy (non-hydrogen) atoms. The van der Waals surface area contributed by atoms with Gasteiger partial charge < -0.3 is 4.74 Å². The minimum atomic E-state index is 0.378. The third-order valence-corrected chi connectivity index (χ3v) is 4.53. The molecule has 0 aromatic carbocycles. The van der Waals surface area contributed by atoms with E-state index in [4.69, 9.17) is 4.74 Å². The summed E-state index contributed by atoms with van der Waals surface area (Å²) in [6.45, 7) is 4.07. The zero-order valence-corrected chi connectivity index (χ0v) is 11.1. The molecule has 1 saturated heterocycles. The summed E-state index contributed by atoms with van der Waals surface area (Å²) in [4.78, 5) is 12.0. The molecule has 98 valence electrons. The molecule has 1 heterocycles. The fraction of sp³-hybridized carbons (Fsp3) is 0.933. The summed E-state index contributed by atoms with van der Waals surface area (Å²) in [5.41, 5.74) is 0. The van der Waals surface area contributed by atoms with Crippen LogP contribution in [0.2, 0.25) is 0 Å². The van der Waals surface area contributed by atoms with Crippen LogP contribution in [-0.2, 0) is 9.53 Å². The molecule has 2 unspecified atom stereocenters. The van der Waals surface area contributed by atoms with Crippen LogP contribution in [0.1, 0.15) is 58.3 Å². The summed E-state index contributed by atoms with van der Waals surface area (Å²) >= 11 is 0. The molecule has 0 radical (unpaired) electrons. The summed E-state index contributed by atoms with van der Waals surface area (Å²) in [6.07, 6.45) is 9.23. The van der Waals surface area contributed by atoms with Gasteiger partial charge in [0.1, 0.15) is 5.78 Å². The van der Waals surface area contributed by atoms with E-state index in [2.05, 4.69) is 6.92 Å². The first-order valence-corrected chi connectivity index (χ1v) is 7.40. The Bertz CT molecular complexity index is 243. The van der Waals surface area contributed by atoms with Gasteiger partial charge in [-0.1, -0.05) is 19.8 Å². The normalized spacial score (nSPS) is 31.7. The molecule has 2 rings (SSSR count). The molecule has 0 N–H and O–H groups in total. The number of ketones is 1. The van der Waals surface area contributed by atoms with Crippen LogP contribution in [0.5, 0.6) is 0 Å². The topological polar surface area (TPSA) is 26.3 Å². The molecule has 0 aromatic rings. The smallest absolute Gasteiger partial charge is 0.136 e. The molecule has 2 atom stereocenters. The highest BCUT2D eigenvalue weighted by Gasteiger charge is 2.30. The summed E-state index contributed by atoms with van der Waals surface area (Å²) in [7, 11) is 0. The van der Waals surface area contributed by atoms with Crippen LogP contribution in [0.3, 0.4) is 0 Å². The second-order valence-electron chi connectivity index (χ2n) is 5.88. The maximum atomic E-state index is 12.0. The second kappa shape index (κ2) is 6.53. The Morgan fingerprint density at radius 2 is 1.94 bits per heavy atom. The van der Waals surface area contributed by atoms with E-state index in [1.165, 1.54) is 32.1 Å². The predicted molar refractivity (Wildman–Crippen MR) is 68.9 cm³/mol. The molecule has 2 nitrogen and oxygen atoms in total. The predicted octanol–water partition coefficient (Wildman–Crippen LogP) is 3.59. The number of Topliss-reactive ketones (excluding diaryl/α,β-unsaturated/α-hetero) is 1. The van der Waals surface area contributed by atoms with E-state index in [9.17, 15) is 4.79 Å². The molecular formula is C15H26O2. The maximum Gasteiger partial charge on any atom is 0.136 e. The lowest BCUT2D eigenvalue weighted by Gasteiger charge is -2.31. The molecule has 1 aliphatic carbocycles. The number of ether oxygens (including phenoxy) is 1. The quantitative estimate of drug-likeness (QED) is 0.748. The fourth-order valence-corrected chi connectivity index (χ4v) is 3.48. The molecule has 2 heteroatoms. The lowest BCUT2D eigenvalue weighted by atomic mass is 9.74. The van der Waals surface area contributed by atoms with Gasteiger partial charge in [0.05, 0.1) is 0 Å². The van der Waals surface area contributed by atoms with E-state index >= 15 is 0 Å². The Morgan fingerprint density at radius 1 is 1.18 bits per heavy atom. The molecule has 0 aromatic heterocycles. The van der Waals surface area contributed by atoms with Gasteiger partial charge in [-0.05, 0) is 43.9 Å². The molecular weight excluding hydrogens is 212 g/mol. The first kappa shape index (κ1) is 13.1. The highest BCUT2D eigenvalue weighted by Crippen LogP contribution is 2.35.